The van der Waals surface area contributed by atoms with Gasteiger partial charge in [0.05, 0.1) is 6.20 Å². The Bertz CT molecular complexity index is 256. The fourth-order valence-electron chi connectivity index (χ4n) is 1.35. The van der Waals surface area contributed by atoms with Crippen molar-refractivity contribution in [1.29, 1.82) is 0 Å². The molecule has 0 fully saturated rings. The molecular weight excluding hydrogens is 176 g/mol. The Morgan fingerprint density at radius 1 is 1.50 bits per heavy atom. The van der Waals surface area contributed by atoms with Crippen LogP contribution < -0.4 is 5.32 Å². The Hall–Kier alpha value is -0.830. The summed E-state index contributed by atoms with van der Waals surface area (Å²) in [5.41, 5.74) is 0. The summed E-state index contributed by atoms with van der Waals surface area (Å²) >= 11 is 0. The van der Waals surface area contributed by atoms with Crippen LogP contribution in [0.1, 0.15) is 31.9 Å². The second-order valence-electron chi connectivity index (χ2n) is 4.03. The summed E-state index contributed by atoms with van der Waals surface area (Å²) in [6, 6.07) is 0. The van der Waals surface area contributed by atoms with Crippen molar-refractivity contribution in [1.82, 2.24) is 10.3 Å². The predicted octanol–water partition coefficient (Wildman–Crippen LogP) is 2.03. The molecular formula is C11H20N2O. The van der Waals surface area contributed by atoms with Crippen molar-refractivity contribution in [3.8, 4) is 0 Å². The average Bonchev–Trinajstić information content (AvgIpc) is 2.52. The second kappa shape index (κ2) is 5.81. The van der Waals surface area contributed by atoms with Crippen LogP contribution in [0.4, 0.5) is 0 Å². The van der Waals surface area contributed by atoms with Gasteiger partial charge in [-0.25, -0.2) is 4.98 Å². The third kappa shape index (κ3) is 3.92. The fourth-order valence-corrected chi connectivity index (χ4v) is 1.35. The van der Waals surface area contributed by atoms with E-state index in [0.29, 0.717) is 5.92 Å². The lowest BCUT2D eigenvalue weighted by atomic mass is 10.1. The first kappa shape index (κ1) is 11.2. The number of aromatic nitrogens is 1. The number of nitrogens with one attached hydrogen (secondary N) is 1. The highest BCUT2D eigenvalue weighted by Crippen LogP contribution is 2.10. The molecule has 3 nitrogen and oxygen atoms in total. The number of oxazole rings is 1. The van der Waals surface area contributed by atoms with Crippen molar-refractivity contribution < 1.29 is 4.42 Å². The number of rotatable bonds is 6. The van der Waals surface area contributed by atoms with Crippen molar-refractivity contribution in [2.24, 2.45) is 5.92 Å². The molecule has 14 heavy (non-hydrogen) atoms. The quantitative estimate of drug-likeness (QED) is 0.707. The molecule has 3 heteroatoms. The summed E-state index contributed by atoms with van der Waals surface area (Å²) in [4.78, 5) is 4.25. The van der Waals surface area contributed by atoms with E-state index in [1.54, 1.807) is 0 Å². The van der Waals surface area contributed by atoms with Gasteiger partial charge < -0.3 is 9.73 Å². The minimum atomic E-state index is 0.610. The van der Waals surface area contributed by atoms with Crippen LogP contribution in [0.3, 0.4) is 0 Å². The molecule has 0 aliphatic rings. The molecule has 0 saturated heterocycles. The number of hydrogen-bond donors (Lipinski definition) is 1. The first-order valence-electron chi connectivity index (χ1n) is 5.30. The summed E-state index contributed by atoms with van der Waals surface area (Å²) in [7, 11) is 1.96. The van der Waals surface area contributed by atoms with Crippen molar-refractivity contribution in [3.63, 3.8) is 0 Å². The Balaban J connectivity index is 2.35. The topological polar surface area (TPSA) is 38.1 Å². The minimum Gasteiger partial charge on any atom is -0.446 e. The molecule has 1 rings (SSSR count). The molecule has 0 bridgehead atoms. The van der Waals surface area contributed by atoms with Crippen LogP contribution in [-0.2, 0) is 12.8 Å². The molecule has 0 radical (unpaired) electrons. The van der Waals surface area contributed by atoms with Gasteiger partial charge in [-0.15, -0.1) is 0 Å². The molecule has 1 N–H and O–H groups in total. The normalized spacial score (nSPS) is 11.1. The average molecular weight is 196 g/mol. The molecule has 0 aliphatic carbocycles. The zero-order valence-corrected chi connectivity index (χ0v) is 9.34. The molecule has 0 aliphatic heterocycles. The van der Waals surface area contributed by atoms with Crippen molar-refractivity contribution in [2.75, 3.05) is 13.6 Å². The van der Waals surface area contributed by atoms with E-state index < -0.39 is 0 Å². The van der Waals surface area contributed by atoms with Gasteiger partial charge in [0.2, 0.25) is 0 Å². The van der Waals surface area contributed by atoms with E-state index in [9.17, 15) is 0 Å². The van der Waals surface area contributed by atoms with Crippen LogP contribution in [0.2, 0.25) is 0 Å². The predicted molar refractivity (Wildman–Crippen MR) is 57.3 cm³/mol. The van der Waals surface area contributed by atoms with Crippen LogP contribution in [0.5, 0.6) is 0 Å². The SMILES string of the molecule is CNCCCc1cnc(CC(C)C)o1. The van der Waals surface area contributed by atoms with Crippen molar-refractivity contribution in [2.45, 2.75) is 33.1 Å². The lowest BCUT2D eigenvalue weighted by Gasteiger charge is -1.99. The second-order valence-corrected chi connectivity index (χ2v) is 4.03. The van der Waals surface area contributed by atoms with E-state index in [1.165, 1.54) is 0 Å². The van der Waals surface area contributed by atoms with Gasteiger partial charge in [-0.3, -0.25) is 0 Å². The maximum Gasteiger partial charge on any atom is 0.194 e. The lowest BCUT2D eigenvalue weighted by molar-refractivity contribution is 0.424. The maximum atomic E-state index is 5.60. The number of nitrogens with zero attached hydrogens (tertiary/aromatic N) is 1. The molecule has 0 unspecified atom stereocenters. The van der Waals surface area contributed by atoms with Gasteiger partial charge in [0.25, 0.3) is 0 Å². The summed E-state index contributed by atoms with van der Waals surface area (Å²) in [5, 5.41) is 3.11. The van der Waals surface area contributed by atoms with Gasteiger partial charge in [-0.2, -0.15) is 0 Å². The van der Waals surface area contributed by atoms with E-state index in [2.05, 4.69) is 24.1 Å². The van der Waals surface area contributed by atoms with Gasteiger partial charge in [-0.1, -0.05) is 13.8 Å². The summed E-state index contributed by atoms with van der Waals surface area (Å²) in [6.07, 6.45) is 4.87. The molecule has 0 atom stereocenters. The van der Waals surface area contributed by atoms with Crippen LogP contribution in [0.15, 0.2) is 10.6 Å². The van der Waals surface area contributed by atoms with Crippen molar-refractivity contribution in [3.05, 3.63) is 17.8 Å². The summed E-state index contributed by atoms with van der Waals surface area (Å²) < 4.78 is 5.60. The monoisotopic (exact) mass is 196 g/mol. The smallest absolute Gasteiger partial charge is 0.194 e. The van der Waals surface area contributed by atoms with Gasteiger partial charge >= 0.3 is 0 Å². The number of aryl methyl sites for hydroxylation is 1. The first-order chi connectivity index (χ1) is 6.72. The molecule has 1 aromatic rings. The molecule has 0 amide bonds. The zero-order chi connectivity index (χ0) is 10.4. The van der Waals surface area contributed by atoms with Gasteiger partial charge in [0, 0.05) is 12.8 Å². The first-order valence-corrected chi connectivity index (χ1v) is 5.30. The third-order valence-electron chi connectivity index (χ3n) is 2.03. The third-order valence-corrected chi connectivity index (χ3v) is 2.03. The molecule has 1 heterocycles. The minimum absolute atomic E-state index is 0.610. The van der Waals surface area contributed by atoms with Gasteiger partial charge in [0.1, 0.15) is 5.76 Å². The van der Waals surface area contributed by atoms with E-state index >= 15 is 0 Å². The lowest BCUT2D eigenvalue weighted by Crippen LogP contribution is -2.08. The maximum absolute atomic E-state index is 5.60. The van der Waals surface area contributed by atoms with Crippen molar-refractivity contribution >= 4 is 0 Å². The largest absolute Gasteiger partial charge is 0.446 e. The van der Waals surface area contributed by atoms with Crippen LogP contribution >= 0.6 is 0 Å². The van der Waals surface area contributed by atoms with Gasteiger partial charge in [0.15, 0.2) is 5.89 Å². The highest BCUT2D eigenvalue weighted by molar-refractivity contribution is 4.94. The zero-order valence-electron chi connectivity index (χ0n) is 9.34. The van der Waals surface area contributed by atoms with Crippen LogP contribution in [-0.4, -0.2) is 18.6 Å². The molecule has 1 aromatic heterocycles. The fraction of sp³-hybridized carbons (Fsp3) is 0.727. The molecule has 0 saturated carbocycles. The molecule has 0 aromatic carbocycles. The Kier molecular flexibility index (Phi) is 4.66. The van der Waals surface area contributed by atoms with E-state index in [4.69, 9.17) is 4.42 Å². The van der Waals surface area contributed by atoms with E-state index in [0.717, 1.165) is 37.5 Å². The Morgan fingerprint density at radius 2 is 2.29 bits per heavy atom. The van der Waals surface area contributed by atoms with Crippen LogP contribution in [0, 0.1) is 5.92 Å². The summed E-state index contributed by atoms with van der Waals surface area (Å²) in [6.45, 7) is 5.37. The highest BCUT2D eigenvalue weighted by atomic mass is 16.4. The molecule has 0 spiro atoms. The Labute approximate surface area is 85.9 Å². The van der Waals surface area contributed by atoms with E-state index in [1.807, 2.05) is 13.2 Å². The van der Waals surface area contributed by atoms with E-state index in [-0.39, 0.29) is 0 Å². The number of hydrogen-bond acceptors (Lipinski definition) is 3. The van der Waals surface area contributed by atoms with Crippen LogP contribution in [0.25, 0.3) is 0 Å². The molecule has 80 valence electrons. The standard InChI is InChI=1S/C11H20N2O/c1-9(2)7-11-13-8-10(14-11)5-4-6-12-3/h8-9,12H,4-7H2,1-3H3. The van der Waals surface area contributed by atoms with Gasteiger partial charge in [-0.05, 0) is 25.9 Å². The Morgan fingerprint density at radius 3 is 2.93 bits per heavy atom. The highest BCUT2D eigenvalue weighted by Gasteiger charge is 2.05. The summed E-state index contributed by atoms with van der Waals surface area (Å²) in [5.74, 6) is 2.49.